The van der Waals surface area contributed by atoms with Gasteiger partial charge in [-0.3, -0.25) is 0 Å². The summed E-state index contributed by atoms with van der Waals surface area (Å²) < 4.78 is 0. The molecular weight excluding hydrogens is 276 g/mol. The summed E-state index contributed by atoms with van der Waals surface area (Å²) in [6.07, 6.45) is 18.9. The lowest BCUT2D eigenvalue weighted by Crippen LogP contribution is -2.38. The van der Waals surface area contributed by atoms with Gasteiger partial charge in [0.1, 0.15) is 0 Å². The van der Waals surface area contributed by atoms with Crippen LogP contribution < -0.4 is 0 Å². The first-order valence-electron chi connectivity index (χ1n) is 11.2. The fraction of sp³-hybridized carbons (Fsp3) is 1.00. The first-order valence-corrected chi connectivity index (χ1v) is 11.2. The average molecular weight is 319 g/mol. The van der Waals surface area contributed by atoms with Crippen molar-refractivity contribution in [2.24, 2.45) is 39.9 Å². The van der Waals surface area contributed by atoms with Gasteiger partial charge in [0.2, 0.25) is 0 Å². The summed E-state index contributed by atoms with van der Waals surface area (Å²) in [6.45, 7) is 9.14. The molecular formula is C23H42. The number of hydrogen-bond donors (Lipinski definition) is 0. The van der Waals surface area contributed by atoms with Crippen LogP contribution in [0.2, 0.25) is 0 Å². The molecule has 0 aliphatic heterocycles. The normalized spacial score (nSPS) is 55.8. The Labute approximate surface area is 146 Å². The van der Waals surface area contributed by atoms with Crippen LogP contribution in [0, 0.1) is 39.9 Å². The first-order chi connectivity index (χ1) is 11.2. The number of rotatable bonds is 2. The minimum atomic E-state index is 0. The predicted octanol–water partition coefficient (Wildman–Crippen LogP) is 7.47. The van der Waals surface area contributed by atoms with Gasteiger partial charge in [-0.15, -0.1) is 0 Å². The smallest absolute Gasteiger partial charge is 0 e. The van der Waals surface area contributed by atoms with E-state index in [1.165, 1.54) is 18.8 Å². The zero-order valence-corrected chi connectivity index (χ0v) is 16.3. The maximum absolute atomic E-state index is 2.73. The van der Waals surface area contributed by atoms with Gasteiger partial charge in [-0.05, 0) is 91.3 Å². The molecule has 0 heterocycles. The monoisotopic (exact) mass is 318 g/mol. The van der Waals surface area contributed by atoms with Gasteiger partial charge in [-0.1, -0.05) is 53.4 Å². The molecule has 0 aromatic carbocycles. The average Bonchev–Trinajstić information content (AvgIpc) is 2.84. The molecule has 0 radical (unpaired) electrons. The zero-order valence-electron chi connectivity index (χ0n) is 16.3. The van der Waals surface area contributed by atoms with Crippen molar-refractivity contribution in [3.8, 4) is 0 Å². The van der Waals surface area contributed by atoms with Gasteiger partial charge in [0.05, 0.1) is 0 Å². The molecule has 5 saturated carbocycles. The van der Waals surface area contributed by atoms with Gasteiger partial charge in [0.15, 0.2) is 0 Å². The van der Waals surface area contributed by atoms with E-state index in [4.69, 9.17) is 0 Å². The molecule has 7 atom stereocenters. The largest absolute Gasteiger partial charge is 0.0683 e. The highest BCUT2D eigenvalue weighted by Gasteiger charge is 2.85. The Kier molecular flexibility index (Phi) is 3.94. The van der Waals surface area contributed by atoms with Crippen molar-refractivity contribution in [2.45, 2.75) is 105 Å². The highest BCUT2D eigenvalue weighted by Crippen LogP contribution is 2.91. The first kappa shape index (κ1) is 16.5. The molecule has 0 heteroatoms. The summed E-state index contributed by atoms with van der Waals surface area (Å²) in [5.41, 5.74) is 2.49. The summed E-state index contributed by atoms with van der Waals surface area (Å²) in [5, 5.41) is 0. The summed E-state index contributed by atoms with van der Waals surface area (Å²) in [5.74, 6) is 4.54. The van der Waals surface area contributed by atoms with Crippen LogP contribution >= 0.6 is 0 Å². The summed E-state index contributed by atoms with van der Waals surface area (Å²) >= 11 is 0. The summed E-state index contributed by atoms with van der Waals surface area (Å²) in [7, 11) is 0. The molecule has 5 aliphatic carbocycles. The van der Waals surface area contributed by atoms with E-state index in [-0.39, 0.29) is 1.43 Å². The molecule has 7 unspecified atom stereocenters. The molecule has 0 nitrogen and oxygen atoms in total. The lowest BCUT2D eigenvalue weighted by Gasteiger charge is -2.45. The summed E-state index contributed by atoms with van der Waals surface area (Å²) in [6, 6.07) is 0. The van der Waals surface area contributed by atoms with E-state index in [0.29, 0.717) is 0 Å². The molecule has 0 aromatic rings. The molecule has 0 aromatic heterocycles. The third kappa shape index (κ3) is 1.75. The second kappa shape index (κ2) is 5.50. The molecule has 5 aliphatic rings. The van der Waals surface area contributed by atoms with Crippen molar-refractivity contribution in [3.05, 3.63) is 0 Å². The quantitative estimate of drug-likeness (QED) is 0.495. The maximum atomic E-state index is 2.73. The van der Waals surface area contributed by atoms with Crippen molar-refractivity contribution in [3.63, 3.8) is 0 Å². The van der Waals surface area contributed by atoms with E-state index in [1.807, 2.05) is 13.8 Å². The molecule has 5 rings (SSSR count). The third-order valence-corrected chi connectivity index (χ3v) is 9.82. The Morgan fingerprint density at radius 2 is 1.65 bits per heavy atom. The number of fused-ring (bicyclic) bond motifs is 1. The van der Waals surface area contributed by atoms with Gasteiger partial charge >= 0.3 is 0 Å². The van der Waals surface area contributed by atoms with E-state index in [2.05, 4.69) is 13.8 Å². The van der Waals surface area contributed by atoms with Crippen LogP contribution in [0.3, 0.4) is 0 Å². The summed E-state index contributed by atoms with van der Waals surface area (Å²) in [4.78, 5) is 0. The molecule has 23 heavy (non-hydrogen) atoms. The minimum absolute atomic E-state index is 0. The Morgan fingerprint density at radius 1 is 0.826 bits per heavy atom. The molecule has 0 saturated heterocycles. The Balaban J connectivity index is 0.000000545. The van der Waals surface area contributed by atoms with Crippen LogP contribution in [0.25, 0.3) is 0 Å². The van der Waals surface area contributed by atoms with Gasteiger partial charge in [0, 0.05) is 1.43 Å². The van der Waals surface area contributed by atoms with E-state index < -0.39 is 0 Å². The van der Waals surface area contributed by atoms with Crippen molar-refractivity contribution in [1.82, 2.24) is 0 Å². The van der Waals surface area contributed by atoms with Gasteiger partial charge in [-0.25, -0.2) is 0 Å². The van der Waals surface area contributed by atoms with E-state index in [1.54, 1.807) is 64.2 Å². The van der Waals surface area contributed by atoms with E-state index >= 15 is 0 Å². The Bertz CT molecular complexity index is 459. The highest BCUT2D eigenvalue weighted by molar-refractivity contribution is 5.33. The van der Waals surface area contributed by atoms with E-state index in [0.717, 1.165) is 34.0 Å². The molecule has 2 spiro atoms. The lowest BCUT2D eigenvalue weighted by atomic mass is 9.59. The van der Waals surface area contributed by atoms with Crippen molar-refractivity contribution in [1.29, 1.82) is 0 Å². The molecule has 5 fully saturated rings. The Morgan fingerprint density at radius 3 is 2.43 bits per heavy atom. The molecule has 0 bridgehead atoms. The van der Waals surface area contributed by atoms with Crippen LogP contribution in [0.1, 0.15) is 106 Å². The minimum Gasteiger partial charge on any atom is -0.0683 e. The third-order valence-electron chi connectivity index (χ3n) is 9.82. The highest BCUT2D eigenvalue weighted by atomic mass is 14.9. The fourth-order valence-electron chi connectivity index (χ4n) is 9.38. The zero-order chi connectivity index (χ0) is 16.3. The second-order valence-corrected chi connectivity index (χ2v) is 9.77. The lowest BCUT2D eigenvalue weighted by molar-refractivity contribution is 0.0310. The van der Waals surface area contributed by atoms with Crippen molar-refractivity contribution >= 4 is 0 Å². The SMILES string of the molecule is CC.CCCC1CCC2C1(C)CCC1C34CCCCC3CCC214.[HH]. The van der Waals surface area contributed by atoms with E-state index in [9.17, 15) is 0 Å². The predicted molar refractivity (Wildman–Crippen MR) is 101 cm³/mol. The maximum Gasteiger partial charge on any atom is 0 e. The second-order valence-electron chi connectivity index (χ2n) is 9.77. The number of hydrogen-bond acceptors (Lipinski definition) is 0. The van der Waals surface area contributed by atoms with Crippen LogP contribution in [-0.2, 0) is 0 Å². The molecule has 134 valence electrons. The van der Waals surface area contributed by atoms with Crippen molar-refractivity contribution in [2.75, 3.05) is 0 Å². The Hall–Kier alpha value is 0. The molecule has 0 N–H and O–H groups in total. The van der Waals surface area contributed by atoms with Crippen LogP contribution in [0.15, 0.2) is 0 Å². The van der Waals surface area contributed by atoms with Crippen LogP contribution in [0.5, 0.6) is 0 Å². The molecule has 0 amide bonds. The van der Waals surface area contributed by atoms with Gasteiger partial charge in [-0.2, -0.15) is 0 Å². The van der Waals surface area contributed by atoms with Crippen LogP contribution in [-0.4, -0.2) is 0 Å². The topological polar surface area (TPSA) is 0 Å². The standard InChI is InChI=1S/C21H34.C2H6.H2/c1-3-6-15-8-9-17-19(15,2)13-11-18-20-12-5-4-7-16(20)10-14-21(17,18)20;1-2;/h15-18H,3-14H2,1-2H3;1-2H3;1H. The van der Waals surface area contributed by atoms with Crippen LogP contribution in [0.4, 0.5) is 0 Å². The van der Waals surface area contributed by atoms with Gasteiger partial charge in [0.25, 0.3) is 0 Å². The van der Waals surface area contributed by atoms with Crippen molar-refractivity contribution < 1.29 is 1.43 Å². The fourth-order valence-corrected chi connectivity index (χ4v) is 9.38. The van der Waals surface area contributed by atoms with Gasteiger partial charge < -0.3 is 0 Å².